The van der Waals surface area contributed by atoms with Crippen molar-refractivity contribution < 1.29 is 12.8 Å². The molecule has 1 atom stereocenters. The van der Waals surface area contributed by atoms with E-state index in [0.717, 1.165) is 23.2 Å². The van der Waals surface area contributed by atoms with Crippen molar-refractivity contribution >= 4 is 32.7 Å². The summed E-state index contributed by atoms with van der Waals surface area (Å²) in [7, 11) is -2.38. The van der Waals surface area contributed by atoms with Crippen LogP contribution >= 0.6 is 11.6 Å². The van der Waals surface area contributed by atoms with Gasteiger partial charge in [-0.1, -0.05) is 54.1 Å². The van der Waals surface area contributed by atoms with Crippen LogP contribution in [0.2, 0.25) is 5.02 Å². The first-order valence-corrected chi connectivity index (χ1v) is 10.7. The number of hydrogen-bond acceptors (Lipinski definition) is 3. The zero-order valence-electron chi connectivity index (χ0n) is 15.4. The predicted molar refractivity (Wildman–Crippen MR) is 111 cm³/mol. The fourth-order valence-corrected chi connectivity index (χ4v) is 4.65. The highest BCUT2D eigenvalue weighted by Crippen LogP contribution is 2.28. The maximum Gasteiger partial charge on any atom is 0.244 e. The number of sulfonamides is 1. The Hall–Kier alpha value is -2.74. The Morgan fingerprint density at radius 3 is 2.41 bits per heavy atom. The number of para-hydroxylation sites is 2. The molecule has 1 unspecified atom stereocenters. The molecule has 0 fully saturated rings. The molecule has 0 aliphatic rings. The van der Waals surface area contributed by atoms with Crippen LogP contribution in [0.5, 0.6) is 0 Å². The molecule has 0 bridgehead atoms. The van der Waals surface area contributed by atoms with Crippen molar-refractivity contribution in [1.82, 2.24) is 14.3 Å². The predicted octanol–water partition coefficient (Wildman–Crippen LogP) is 4.43. The van der Waals surface area contributed by atoms with Gasteiger partial charge in [-0.25, -0.2) is 17.8 Å². The summed E-state index contributed by atoms with van der Waals surface area (Å²) in [4.78, 5) is 4.15. The van der Waals surface area contributed by atoms with Crippen LogP contribution in [-0.4, -0.2) is 18.0 Å². The van der Waals surface area contributed by atoms with Crippen LogP contribution in [0.4, 0.5) is 4.39 Å². The molecule has 1 aromatic heterocycles. The molecule has 0 aliphatic carbocycles. The monoisotopic (exact) mass is 429 g/mol. The van der Waals surface area contributed by atoms with Crippen LogP contribution in [0.15, 0.2) is 77.7 Å². The molecule has 0 saturated carbocycles. The zero-order valence-corrected chi connectivity index (χ0v) is 17.0. The summed E-state index contributed by atoms with van der Waals surface area (Å²) < 4.78 is 44.8. The minimum Gasteiger partial charge on any atom is -0.329 e. The van der Waals surface area contributed by atoms with E-state index in [1.807, 2.05) is 54.1 Å². The number of hydrogen-bond donors (Lipinski definition) is 1. The lowest BCUT2D eigenvalue weighted by Crippen LogP contribution is -2.31. The number of rotatable bonds is 5. The molecule has 0 radical (unpaired) electrons. The summed E-state index contributed by atoms with van der Waals surface area (Å²) >= 11 is 5.76. The first-order chi connectivity index (χ1) is 13.9. The van der Waals surface area contributed by atoms with Crippen LogP contribution < -0.4 is 4.72 Å². The number of imidazole rings is 1. The Morgan fingerprint density at radius 1 is 1.03 bits per heavy atom. The van der Waals surface area contributed by atoms with Gasteiger partial charge < -0.3 is 4.57 Å². The van der Waals surface area contributed by atoms with Crippen molar-refractivity contribution in [2.75, 3.05) is 0 Å². The van der Waals surface area contributed by atoms with Gasteiger partial charge >= 0.3 is 0 Å². The maximum atomic E-state index is 14.3. The average Bonchev–Trinajstić information content (AvgIpc) is 3.03. The number of aryl methyl sites for hydroxylation is 1. The molecular weight excluding hydrogens is 413 g/mol. The SMILES string of the molecule is Cn1c(C(NS(=O)(=O)c2ccc(Cl)cc2F)c2ccccc2)nc2ccccc21. The minimum atomic E-state index is -4.19. The number of halogens is 2. The molecule has 0 saturated heterocycles. The first kappa shape index (κ1) is 19.6. The Bertz CT molecular complexity index is 1290. The summed E-state index contributed by atoms with van der Waals surface area (Å²) in [5.41, 5.74) is 2.28. The van der Waals surface area contributed by atoms with Crippen molar-refractivity contribution in [3.63, 3.8) is 0 Å². The highest BCUT2D eigenvalue weighted by Gasteiger charge is 2.28. The molecule has 148 valence electrons. The van der Waals surface area contributed by atoms with Gasteiger partial charge in [-0.05, 0) is 35.9 Å². The standard InChI is InChI=1S/C21H17ClFN3O2S/c1-26-18-10-6-5-9-17(18)24-21(26)20(14-7-3-2-4-8-14)25-29(27,28)19-12-11-15(22)13-16(19)23/h2-13,20,25H,1H3. The first-order valence-electron chi connectivity index (χ1n) is 8.80. The molecular formula is C21H17ClFN3O2S. The third-order valence-electron chi connectivity index (χ3n) is 4.67. The molecule has 0 spiro atoms. The summed E-state index contributed by atoms with van der Waals surface area (Å²) in [6.45, 7) is 0. The number of nitrogens with zero attached hydrogens (tertiary/aromatic N) is 2. The van der Waals surface area contributed by atoms with Gasteiger partial charge in [0, 0.05) is 12.1 Å². The number of aromatic nitrogens is 2. The van der Waals surface area contributed by atoms with E-state index in [0.29, 0.717) is 11.4 Å². The minimum absolute atomic E-state index is 0.122. The van der Waals surface area contributed by atoms with Crippen molar-refractivity contribution in [3.05, 3.63) is 95.0 Å². The van der Waals surface area contributed by atoms with Crippen molar-refractivity contribution in [2.24, 2.45) is 7.05 Å². The number of nitrogens with one attached hydrogen (secondary N) is 1. The van der Waals surface area contributed by atoms with Crippen LogP contribution in [0.25, 0.3) is 11.0 Å². The van der Waals surface area contributed by atoms with Crippen molar-refractivity contribution in [3.8, 4) is 0 Å². The lowest BCUT2D eigenvalue weighted by molar-refractivity contribution is 0.545. The van der Waals surface area contributed by atoms with Gasteiger partial charge in [0.05, 0.1) is 11.0 Å². The maximum absolute atomic E-state index is 14.3. The van der Waals surface area contributed by atoms with E-state index in [1.165, 1.54) is 6.07 Å². The van der Waals surface area contributed by atoms with Gasteiger partial charge in [0.15, 0.2) is 0 Å². The molecule has 8 heteroatoms. The fourth-order valence-electron chi connectivity index (χ4n) is 3.25. The van der Waals surface area contributed by atoms with E-state index in [2.05, 4.69) is 9.71 Å². The third-order valence-corrected chi connectivity index (χ3v) is 6.36. The second-order valence-electron chi connectivity index (χ2n) is 6.56. The Morgan fingerprint density at radius 2 is 1.72 bits per heavy atom. The Labute approximate surface area is 172 Å². The van der Waals surface area contributed by atoms with E-state index in [4.69, 9.17) is 11.6 Å². The average molecular weight is 430 g/mol. The Kier molecular flexibility index (Phi) is 5.12. The topological polar surface area (TPSA) is 64.0 Å². The van der Waals surface area contributed by atoms with Gasteiger partial charge in [-0.15, -0.1) is 0 Å². The summed E-state index contributed by atoms with van der Waals surface area (Å²) in [5, 5.41) is 0.122. The van der Waals surface area contributed by atoms with Crippen LogP contribution in [0.3, 0.4) is 0 Å². The van der Waals surface area contributed by atoms with Gasteiger partial charge in [0.2, 0.25) is 10.0 Å². The Balaban J connectivity index is 1.84. The smallest absolute Gasteiger partial charge is 0.244 e. The van der Waals surface area contributed by atoms with E-state index in [-0.39, 0.29) is 5.02 Å². The van der Waals surface area contributed by atoms with Gasteiger partial charge in [0.25, 0.3) is 0 Å². The van der Waals surface area contributed by atoms with Crippen LogP contribution in [0.1, 0.15) is 17.4 Å². The van der Waals surface area contributed by atoms with E-state index >= 15 is 0 Å². The summed E-state index contributed by atoms with van der Waals surface area (Å²) in [5.74, 6) is -0.419. The number of benzene rings is 3. The fraction of sp³-hybridized carbons (Fsp3) is 0.0952. The highest BCUT2D eigenvalue weighted by molar-refractivity contribution is 7.89. The molecule has 0 amide bonds. The van der Waals surface area contributed by atoms with E-state index in [9.17, 15) is 12.8 Å². The third kappa shape index (κ3) is 3.76. The van der Waals surface area contributed by atoms with E-state index in [1.54, 1.807) is 12.1 Å². The lowest BCUT2D eigenvalue weighted by atomic mass is 10.1. The summed E-state index contributed by atoms with van der Waals surface area (Å²) in [6, 6.07) is 19.2. The molecule has 1 heterocycles. The molecule has 4 rings (SSSR count). The summed E-state index contributed by atoms with van der Waals surface area (Å²) in [6.07, 6.45) is 0. The van der Waals surface area contributed by atoms with Crippen molar-refractivity contribution in [2.45, 2.75) is 10.9 Å². The largest absolute Gasteiger partial charge is 0.329 e. The van der Waals surface area contributed by atoms with Gasteiger partial charge in [-0.2, -0.15) is 4.72 Å². The molecule has 4 aromatic rings. The normalized spacial score (nSPS) is 12.9. The second kappa shape index (κ2) is 7.59. The highest BCUT2D eigenvalue weighted by atomic mass is 35.5. The van der Waals surface area contributed by atoms with E-state index < -0.39 is 26.8 Å². The molecule has 29 heavy (non-hydrogen) atoms. The van der Waals surface area contributed by atoms with Gasteiger partial charge in [-0.3, -0.25) is 0 Å². The molecule has 0 aliphatic heterocycles. The molecule has 1 N–H and O–H groups in total. The molecule has 5 nitrogen and oxygen atoms in total. The second-order valence-corrected chi connectivity index (χ2v) is 8.68. The van der Waals surface area contributed by atoms with Gasteiger partial charge in [0.1, 0.15) is 22.6 Å². The van der Waals surface area contributed by atoms with Crippen LogP contribution in [0, 0.1) is 5.82 Å². The lowest BCUT2D eigenvalue weighted by Gasteiger charge is -2.19. The van der Waals surface area contributed by atoms with Crippen molar-refractivity contribution in [1.29, 1.82) is 0 Å². The number of fused-ring (bicyclic) bond motifs is 1. The quantitative estimate of drug-likeness (QED) is 0.510. The molecule has 3 aromatic carbocycles. The zero-order chi connectivity index (χ0) is 20.6. The van der Waals surface area contributed by atoms with Crippen LogP contribution in [-0.2, 0) is 17.1 Å².